The second-order valence-corrected chi connectivity index (χ2v) is 5.71. The zero-order valence-corrected chi connectivity index (χ0v) is 15.2. The molecular weight excluding hydrogens is 347 g/mol. The minimum Gasteiger partial charge on any atom is -0.496 e. The van der Waals surface area contributed by atoms with Gasteiger partial charge in [0.15, 0.2) is 5.65 Å². The number of allylic oxidation sites excluding steroid dienone is 1. The monoisotopic (exact) mass is 368 g/mol. The lowest BCUT2D eigenvalue weighted by atomic mass is 10.1. The molecule has 0 spiro atoms. The fraction of sp³-hybridized carbons (Fsp3) is 0.211. The van der Waals surface area contributed by atoms with Gasteiger partial charge in [-0.15, -0.1) is 10.2 Å². The maximum Gasteiger partial charge on any atom is 0.171 e. The Kier molecular flexibility index (Phi) is 5.65. The van der Waals surface area contributed by atoms with E-state index in [-0.39, 0.29) is 12.4 Å². The minimum absolute atomic E-state index is 0.249. The zero-order chi connectivity index (χ0) is 19.2. The number of methoxy groups -OCH3 is 1. The van der Waals surface area contributed by atoms with Crippen molar-refractivity contribution >= 4 is 23.4 Å². The third kappa shape index (κ3) is 3.74. The lowest BCUT2D eigenvalue weighted by molar-refractivity contribution is 0.405. The average Bonchev–Trinajstić information content (AvgIpc) is 3.16. The summed E-state index contributed by atoms with van der Waals surface area (Å²) in [6, 6.07) is 8.50. The molecule has 7 nitrogen and oxygen atoms in total. The number of hydrogen-bond acceptors (Lipinski definition) is 6. The lowest BCUT2D eigenvalue weighted by Crippen LogP contribution is -2.13. The number of aromatic nitrogens is 3. The zero-order valence-electron chi connectivity index (χ0n) is 15.2. The summed E-state index contributed by atoms with van der Waals surface area (Å²) < 4.78 is 21.2. The van der Waals surface area contributed by atoms with Crippen molar-refractivity contribution in [3.63, 3.8) is 0 Å². The molecule has 0 aliphatic carbocycles. The normalized spacial score (nSPS) is 11.4. The van der Waals surface area contributed by atoms with Gasteiger partial charge in [-0.1, -0.05) is 6.07 Å². The summed E-state index contributed by atoms with van der Waals surface area (Å²) in [5, 5.41) is 22.0. The van der Waals surface area contributed by atoms with Crippen LogP contribution in [0.25, 0.3) is 11.3 Å². The Balaban J connectivity index is 1.94. The van der Waals surface area contributed by atoms with Crippen molar-refractivity contribution in [2.45, 2.75) is 13.5 Å². The molecular formula is C19H21FN6O. The molecule has 0 radical (unpaired) electrons. The predicted octanol–water partition coefficient (Wildman–Crippen LogP) is 3.09. The highest BCUT2D eigenvalue weighted by molar-refractivity contribution is 5.86. The van der Waals surface area contributed by atoms with Crippen LogP contribution in [-0.2, 0) is 6.54 Å². The summed E-state index contributed by atoms with van der Waals surface area (Å²) in [5.41, 5.74) is 2.69. The van der Waals surface area contributed by atoms with E-state index in [4.69, 9.17) is 10.1 Å². The number of nitrogens with one attached hydrogen (secondary N) is 3. The number of rotatable bonds is 8. The number of fused-ring (bicyclic) bond motifs is 1. The average molecular weight is 368 g/mol. The van der Waals surface area contributed by atoms with E-state index in [2.05, 4.69) is 20.8 Å². The first-order valence-electron chi connectivity index (χ1n) is 8.52. The van der Waals surface area contributed by atoms with E-state index in [1.165, 1.54) is 19.4 Å². The third-order valence-electron chi connectivity index (χ3n) is 4.11. The number of hydrogen-bond donors (Lipinski definition) is 3. The highest BCUT2D eigenvalue weighted by atomic mass is 19.1. The van der Waals surface area contributed by atoms with Gasteiger partial charge in [-0.2, -0.15) is 0 Å². The SMILES string of the molecule is CCN/C(=C\C=N)c1ccc(NCc2c(F)cccc2OC)n2cnnc12. The molecule has 0 bridgehead atoms. The van der Waals surface area contributed by atoms with E-state index in [0.717, 1.165) is 17.1 Å². The maximum atomic E-state index is 14.1. The second kappa shape index (κ2) is 8.31. The molecule has 3 aromatic rings. The Labute approximate surface area is 156 Å². The topological polar surface area (TPSA) is 87.3 Å². The number of halogens is 1. The molecule has 0 fully saturated rings. The Morgan fingerprint density at radius 1 is 1.33 bits per heavy atom. The van der Waals surface area contributed by atoms with Gasteiger partial charge < -0.3 is 20.8 Å². The van der Waals surface area contributed by atoms with Crippen LogP contribution in [0.5, 0.6) is 5.75 Å². The Hall–Kier alpha value is -3.42. The molecule has 0 unspecified atom stereocenters. The van der Waals surface area contributed by atoms with Crippen molar-refractivity contribution in [1.82, 2.24) is 19.9 Å². The van der Waals surface area contributed by atoms with Crippen LogP contribution < -0.4 is 15.4 Å². The van der Waals surface area contributed by atoms with Gasteiger partial charge in [0.25, 0.3) is 0 Å². The summed E-state index contributed by atoms with van der Waals surface area (Å²) >= 11 is 0. The van der Waals surface area contributed by atoms with E-state index in [0.29, 0.717) is 23.5 Å². The second-order valence-electron chi connectivity index (χ2n) is 5.71. The molecule has 3 N–H and O–H groups in total. The summed E-state index contributed by atoms with van der Waals surface area (Å²) in [7, 11) is 1.52. The fourth-order valence-corrected chi connectivity index (χ4v) is 2.86. The molecule has 2 heterocycles. The first kappa shape index (κ1) is 18.4. The highest BCUT2D eigenvalue weighted by Gasteiger charge is 2.13. The molecule has 0 aliphatic heterocycles. The summed E-state index contributed by atoms with van der Waals surface area (Å²) in [4.78, 5) is 0. The van der Waals surface area contributed by atoms with Crippen molar-refractivity contribution in [3.05, 3.63) is 59.7 Å². The van der Waals surface area contributed by atoms with Gasteiger partial charge >= 0.3 is 0 Å². The molecule has 3 rings (SSSR count). The first-order valence-corrected chi connectivity index (χ1v) is 8.52. The molecule has 8 heteroatoms. The largest absolute Gasteiger partial charge is 0.496 e. The van der Waals surface area contributed by atoms with E-state index in [1.807, 2.05) is 19.1 Å². The standard InChI is InChI=1S/C19H21FN6O/c1-3-22-16(9-10-21)13-7-8-18(26-12-24-25-19(13)26)23-11-14-15(20)5-4-6-17(14)27-2/h4-10,12,21-23H,3,11H2,1-2H3/b16-9-,21-10?. The summed E-state index contributed by atoms with van der Waals surface area (Å²) in [6.07, 6.45) is 4.49. The Bertz CT molecular complexity index is 981. The van der Waals surface area contributed by atoms with Crippen LogP contribution in [-0.4, -0.2) is 34.5 Å². The lowest BCUT2D eigenvalue weighted by Gasteiger charge is -2.15. The number of pyridine rings is 1. The van der Waals surface area contributed by atoms with E-state index < -0.39 is 0 Å². The molecule has 0 amide bonds. The number of nitrogens with zero attached hydrogens (tertiary/aromatic N) is 3. The Morgan fingerprint density at radius 3 is 2.93 bits per heavy atom. The smallest absolute Gasteiger partial charge is 0.171 e. The molecule has 0 aliphatic rings. The molecule has 2 aromatic heterocycles. The molecule has 0 atom stereocenters. The van der Waals surface area contributed by atoms with Crippen LogP contribution in [0.1, 0.15) is 18.1 Å². The van der Waals surface area contributed by atoms with Crippen molar-refractivity contribution in [1.29, 1.82) is 5.41 Å². The van der Waals surface area contributed by atoms with E-state index in [9.17, 15) is 4.39 Å². The Morgan fingerprint density at radius 2 is 2.19 bits per heavy atom. The van der Waals surface area contributed by atoms with Crippen molar-refractivity contribution in [3.8, 4) is 5.75 Å². The quantitative estimate of drug-likeness (QED) is 0.532. The number of anilines is 1. The molecule has 0 saturated carbocycles. The van der Waals surface area contributed by atoms with Gasteiger partial charge in [-0.3, -0.25) is 4.40 Å². The van der Waals surface area contributed by atoms with E-state index in [1.54, 1.807) is 28.9 Å². The van der Waals surface area contributed by atoms with Crippen LogP contribution in [0.4, 0.5) is 10.2 Å². The first-order chi connectivity index (χ1) is 13.2. The molecule has 0 saturated heterocycles. The molecule has 140 valence electrons. The van der Waals surface area contributed by atoms with Crippen LogP contribution >= 0.6 is 0 Å². The maximum absolute atomic E-state index is 14.1. The van der Waals surface area contributed by atoms with Gasteiger partial charge in [0.05, 0.1) is 7.11 Å². The summed E-state index contributed by atoms with van der Waals surface area (Å²) in [5.74, 6) is 0.874. The van der Waals surface area contributed by atoms with Gasteiger partial charge in [-0.25, -0.2) is 4.39 Å². The van der Waals surface area contributed by atoms with Crippen molar-refractivity contribution in [2.24, 2.45) is 0 Å². The van der Waals surface area contributed by atoms with Gasteiger partial charge in [0.1, 0.15) is 23.7 Å². The number of ether oxygens (including phenoxy) is 1. The van der Waals surface area contributed by atoms with Gasteiger partial charge in [-0.05, 0) is 37.3 Å². The predicted molar refractivity (Wildman–Crippen MR) is 104 cm³/mol. The summed E-state index contributed by atoms with van der Waals surface area (Å²) in [6.45, 7) is 2.95. The molecule has 1 aromatic carbocycles. The van der Waals surface area contributed by atoms with Crippen LogP contribution in [0.15, 0.2) is 42.7 Å². The van der Waals surface area contributed by atoms with Gasteiger partial charge in [0, 0.05) is 36.1 Å². The minimum atomic E-state index is -0.332. The van der Waals surface area contributed by atoms with Gasteiger partial charge in [0.2, 0.25) is 0 Å². The van der Waals surface area contributed by atoms with Crippen LogP contribution in [0.3, 0.4) is 0 Å². The molecule has 27 heavy (non-hydrogen) atoms. The number of benzene rings is 1. The van der Waals surface area contributed by atoms with E-state index >= 15 is 0 Å². The van der Waals surface area contributed by atoms with Crippen LogP contribution in [0.2, 0.25) is 0 Å². The van der Waals surface area contributed by atoms with Crippen molar-refractivity contribution < 1.29 is 9.13 Å². The highest BCUT2D eigenvalue weighted by Crippen LogP contribution is 2.24. The third-order valence-corrected chi connectivity index (χ3v) is 4.11. The fourth-order valence-electron chi connectivity index (χ4n) is 2.86. The van der Waals surface area contributed by atoms with Crippen molar-refractivity contribution in [2.75, 3.05) is 19.0 Å². The van der Waals surface area contributed by atoms with Crippen LogP contribution in [0, 0.1) is 11.2 Å².